The SMILES string of the molecule is COCCc1nc2sc3c(c2c(=O)n1Cc1cccc(F)c1)CCCC3. The summed E-state index contributed by atoms with van der Waals surface area (Å²) in [6, 6.07) is 6.39. The molecule has 0 bridgehead atoms. The molecular weight excluding hydrogens is 351 g/mol. The molecule has 2 heterocycles. The van der Waals surface area contributed by atoms with E-state index in [1.165, 1.54) is 29.0 Å². The van der Waals surface area contributed by atoms with E-state index < -0.39 is 0 Å². The smallest absolute Gasteiger partial charge is 0.262 e. The third-order valence-electron chi connectivity index (χ3n) is 4.91. The van der Waals surface area contributed by atoms with Crippen LogP contribution in [0.4, 0.5) is 4.39 Å². The van der Waals surface area contributed by atoms with Crippen LogP contribution in [0.15, 0.2) is 29.1 Å². The van der Waals surface area contributed by atoms with Gasteiger partial charge < -0.3 is 4.74 Å². The van der Waals surface area contributed by atoms with Crippen LogP contribution in [0, 0.1) is 5.82 Å². The van der Waals surface area contributed by atoms with Gasteiger partial charge in [0.15, 0.2) is 0 Å². The van der Waals surface area contributed by atoms with Gasteiger partial charge in [-0.2, -0.15) is 0 Å². The van der Waals surface area contributed by atoms with Crippen LogP contribution >= 0.6 is 11.3 Å². The minimum atomic E-state index is -0.295. The van der Waals surface area contributed by atoms with Crippen molar-refractivity contribution >= 4 is 21.6 Å². The Hall–Kier alpha value is -2.05. The molecule has 0 atom stereocenters. The van der Waals surface area contributed by atoms with Crippen LogP contribution in [0.25, 0.3) is 10.2 Å². The first-order valence-electron chi connectivity index (χ1n) is 8.94. The van der Waals surface area contributed by atoms with Gasteiger partial charge in [-0.25, -0.2) is 9.37 Å². The molecule has 136 valence electrons. The lowest BCUT2D eigenvalue weighted by atomic mass is 9.97. The number of halogens is 1. The van der Waals surface area contributed by atoms with Gasteiger partial charge in [-0.15, -0.1) is 11.3 Å². The Morgan fingerprint density at radius 2 is 2.15 bits per heavy atom. The Balaban J connectivity index is 1.87. The van der Waals surface area contributed by atoms with Crippen molar-refractivity contribution in [2.24, 2.45) is 0 Å². The molecule has 0 radical (unpaired) electrons. The van der Waals surface area contributed by atoms with Gasteiger partial charge in [0.1, 0.15) is 16.5 Å². The van der Waals surface area contributed by atoms with E-state index in [1.807, 2.05) is 6.07 Å². The second-order valence-corrected chi connectivity index (χ2v) is 7.77. The van der Waals surface area contributed by atoms with Crippen molar-refractivity contribution in [3.63, 3.8) is 0 Å². The fourth-order valence-electron chi connectivity index (χ4n) is 3.65. The second-order valence-electron chi connectivity index (χ2n) is 6.68. The average molecular weight is 372 g/mol. The zero-order valence-corrected chi connectivity index (χ0v) is 15.6. The molecule has 0 amide bonds. The summed E-state index contributed by atoms with van der Waals surface area (Å²) >= 11 is 1.65. The molecule has 0 aliphatic heterocycles. The van der Waals surface area contributed by atoms with Crippen LogP contribution in [0.3, 0.4) is 0 Å². The van der Waals surface area contributed by atoms with Crippen molar-refractivity contribution in [1.29, 1.82) is 0 Å². The first-order chi connectivity index (χ1) is 12.7. The Kier molecular flexibility index (Phi) is 4.87. The molecule has 1 aliphatic rings. The van der Waals surface area contributed by atoms with E-state index in [2.05, 4.69) is 0 Å². The number of ether oxygens (including phenoxy) is 1. The predicted octanol–water partition coefficient (Wildman–Crippen LogP) is 3.71. The molecule has 1 aromatic carbocycles. The Morgan fingerprint density at radius 1 is 1.31 bits per heavy atom. The molecule has 0 spiro atoms. The van der Waals surface area contributed by atoms with Gasteiger partial charge in [0.05, 0.1) is 18.5 Å². The highest BCUT2D eigenvalue weighted by Gasteiger charge is 2.22. The highest BCUT2D eigenvalue weighted by atomic mass is 32.1. The number of hydrogen-bond acceptors (Lipinski definition) is 4. The van der Waals surface area contributed by atoms with Crippen molar-refractivity contribution in [3.05, 3.63) is 62.3 Å². The number of thiophene rings is 1. The summed E-state index contributed by atoms with van der Waals surface area (Å²) in [5.41, 5.74) is 1.93. The maximum absolute atomic E-state index is 13.6. The standard InChI is InChI=1S/C20H21FN2O2S/c1-25-10-9-17-22-19-18(15-7-2-3-8-16(15)26-19)20(24)23(17)12-13-5-4-6-14(21)11-13/h4-6,11H,2-3,7-10,12H2,1H3. The molecule has 3 aromatic rings. The minimum Gasteiger partial charge on any atom is -0.384 e. The number of nitrogens with zero attached hydrogens (tertiary/aromatic N) is 2. The molecule has 0 fully saturated rings. The number of hydrogen-bond donors (Lipinski definition) is 0. The number of fused-ring (bicyclic) bond motifs is 3. The van der Waals surface area contributed by atoms with Crippen molar-refractivity contribution < 1.29 is 9.13 Å². The van der Waals surface area contributed by atoms with Crippen LogP contribution in [-0.2, 0) is 30.5 Å². The summed E-state index contributed by atoms with van der Waals surface area (Å²) in [5, 5.41) is 0.766. The second kappa shape index (κ2) is 7.29. The molecule has 4 rings (SSSR count). The summed E-state index contributed by atoms with van der Waals surface area (Å²) in [6.07, 6.45) is 4.83. The predicted molar refractivity (Wildman–Crippen MR) is 102 cm³/mol. The van der Waals surface area contributed by atoms with Gasteiger partial charge in [-0.3, -0.25) is 9.36 Å². The van der Waals surface area contributed by atoms with Crippen LogP contribution in [0.5, 0.6) is 0 Å². The highest BCUT2D eigenvalue weighted by Crippen LogP contribution is 2.33. The van der Waals surface area contributed by atoms with Gasteiger partial charge in [0, 0.05) is 18.4 Å². The van der Waals surface area contributed by atoms with Crippen molar-refractivity contribution in [2.75, 3.05) is 13.7 Å². The molecular formula is C20H21FN2O2S. The van der Waals surface area contributed by atoms with Crippen LogP contribution in [-0.4, -0.2) is 23.3 Å². The molecule has 2 aromatic heterocycles. The minimum absolute atomic E-state index is 0.00948. The van der Waals surface area contributed by atoms with E-state index in [0.717, 1.165) is 35.0 Å². The van der Waals surface area contributed by atoms with Crippen molar-refractivity contribution in [3.8, 4) is 0 Å². The summed E-state index contributed by atoms with van der Waals surface area (Å²) in [6.45, 7) is 0.815. The van der Waals surface area contributed by atoms with Gasteiger partial charge in [0.25, 0.3) is 5.56 Å². The summed E-state index contributed by atoms with van der Waals surface area (Å²) in [7, 11) is 1.64. The molecule has 0 N–H and O–H groups in total. The summed E-state index contributed by atoms with van der Waals surface area (Å²) < 4.78 is 20.5. The maximum atomic E-state index is 13.6. The van der Waals surface area contributed by atoms with Gasteiger partial charge in [-0.1, -0.05) is 12.1 Å². The normalized spacial score (nSPS) is 13.9. The van der Waals surface area contributed by atoms with Crippen LogP contribution in [0.2, 0.25) is 0 Å². The lowest BCUT2D eigenvalue weighted by Crippen LogP contribution is -2.27. The highest BCUT2D eigenvalue weighted by molar-refractivity contribution is 7.18. The fourth-order valence-corrected chi connectivity index (χ4v) is 4.92. The Morgan fingerprint density at radius 3 is 2.96 bits per heavy atom. The zero-order valence-electron chi connectivity index (χ0n) is 14.8. The Bertz CT molecular complexity index is 1010. The first-order valence-corrected chi connectivity index (χ1v) is 9.76. The number of aromatic nitrogens is 2. The molecule has 26 heavy (non-hydrogen) atoms. The van der Waals surface area contributed by atoms with Gasteiger partial charge >= 0.3 is 0 Å². The molecule has 6 heteroatoms. The van der Waals surface area contributed by atoms with Crippen molar-refractivity contribution in [1.82, 2.24) is 9.55 Å². The topological polar surface area (TPSA) is 44.1 Å². The van der Waals surface area contributed by atoms with E-state index >= 15 is 0 Å². The number of benzene rings is 1. The summed E-state index contributed by atoms with van der Waals surface area (Å²) in [4.78, 5) is 20.3. The number of methoxy groups -OCH3 is 1. The van der Waals surface area contributed by atoms with Gasteiger partial charge in [0.2, 0.25) is 0 Å². The molecule has 1 aliphatic carbocycles. The van der Waals surface area contributed by atoms with Crippen molar-refractivity contribution in [2.45, 2.75) is 38.6 Å². The van der Waals surface area contributed by atoms with E-state index in [4.69, 9.17) is 9.72 Å². The maximum Gasteiger partial charge on any atom is 0.262 e. The third-order valence-corrected chi connectivity index (χ3v) is 6.10. The quantitative estimate of drug-likeness (QED) is 0.686. The Labute approximate surface area is 155 Å². The first kappa shape index (κ1) is 17.4. The lowest BCUT2D eigenvalue weighted by molar-refractivity contribution is 0.199. The molecule has 0 unspecified atom stereocenters. The largest absolute Gasteiger partial charge is 0.384 e. The average Bonchev–Trinajstić information content (AvgIpc) is 3.01. The van der Waals surface area contributed by atoms with Crippen LogP contribution in [0.1, 0.15) is 34.7 Å². The molecule has 4 nitrogen and oxygen atoms in total. The summed E-state index contributed by atoms with van der Waals surface area (Å²) in [5.74, 6) is 0.406. The zero-order chi connectivity index (χ0) is 18.1. The van der Waals surface area contributed by atoms with Crippen LogP contribution < -0.4 is 5.56 Å². The van der Waals surface area contributed by atoms with E-state index in [1.54, 1.807) is 29.1 Å². The van der Waals surface area contributed by atoms with E-state index in [0.29, 0.717) is 25.4 Å². The fraction of sp³-hybridized carbons (Fsp3) is 0.400. The third kappa shape index (κ3) is 3.19. The van der Waals surface area contributed by atoms with E-state index in [9.17, 15) is 9.18 Å². The number of aryl methyl sites for hydroxylation is 2. The lowest BCUT2D eigenvalue weighted by Gasteiger charge is -2.14. The van der Waals surface area contributed by atoms with Gasteiger partial charge in [-0.05, 0) is 48.9 Å². The molecule has 0 saturated heterocycles. The van der Waals surface area contributed by atoms with E-state index in [-0.39, 0.29) is 11.4 Å². The molecule has 0 saturated carbocycles. The monoisotopic (exact) mass is 372 g/mol. The number of rotatable bonds is 5.